The van der Waals surface area contributed by atoms with E-state index in [2.05, 4.69) is 9.98 Å². The van der Waals surface area contributed by atoms with Gasteiger partial charge >= 0.3 is 0 Å². The summed E-state index contributed by atoms with van der Waals surface area (Å²) in [7, 11) is 0. The van der Waals surface area contributed by atoms with Crippen LogP contribution in [0.1, 0.15) is 17.3 Å². The zero-order chi connectivity index (χ0) is 12.8. The van der Waals surface area contributed by atoms with E-state index in [1.54, 1.807) is 18.3 Å². The molecule has 0 saturated heterocycles. The van der Waals surface area contributed by atoms with Gasteiger partial charge in [-0.2, -0.15) is 4.99 Å². The standard InChI is InChI=1S/C14H13N3O/c15-13(8-11-4-2-1-3-5-11)14-9-12(17-10-18)6-7-16-14/h1-7,9,13H,8,15H2. The van der Waals surface area contributed by atoms with Crippen molar-refractivity contribution < 1.29 is 4.79 Å². The summed E-state index contributed by atoms with van der Waals surface area (Å²) >= 11 is 0. The molecule has 90 valence electrons. The molecule has 1 atom stereocenters. The molecule has 18 heavy (non-hydrogen) atoms. The minimum atomic E-state index is -0.214. The van der Waals surface area contributed by atoms with Crippen LogP contribution in [0.4, 0.5) is 5.69 Å². The van der Waals surface area contributed by atoms with Crippen LogP contribution >= 0.6 is 0 Å². The van der Waals surface area contributed by atoms with Gasteiger partial charge < -0.3 is 5.73 Å². The van der Waals surface area contributed by atoms with Crippen LogP contribution in [0.25, 0.3) is 0 Å². The third-order valence-electron chi connectivity index (χ3n) is 2.62. The van der Waals surface area contributed by atoms with Gasteiger partial charge in [0.2, 0.25) is 6.08 Å². The lowest BCUT2D eigenvalue weighted by Crippen LogP contribution is -2.14. The van der Waals surface area contributed by atoms with Crippen LogP contribution in [-0.4, -0.2) is 11.1 Å². The molecule has 1 aromatic carbocycles. The van der Waals surface area contributed by atoms with Gasteiger partial charge in [-0.3, -0.25) is 4.98 Å². The zero-order valence-corrected chi connectivity index (χ0v) is 9.78. The quantitative estimate of drug-likeness (QED) is 0.657. The van der Waals surface area contributed by atoms with E-state index in [-0.39, 0.29) is 6.04 Å². The Morgan fingerprint density at radius 1 is 1.28 bits per heavy atom. The van der Waals surface area contributed by atoms with Gasteiger partial charge in [-0.05, 0) is 24.1 Å². The largest absolute Gasteiger partial charge is 0.322 e. The third-order valence-corrected chi connectivity index (χ3v) is 2.62. The Hall–Kier alpha value is -2.29. The Bertz CT molecular complexity index is 562. The van der Waals surface area contributed by atoms with E-state index in [9.17, 15) is 4.79 Å². The number of aromatic nitrogens is 1. The molecule has 4 heteroatoms. The van der Waals surface area contributed by atoms with Crippen molar-refractivity contribution in [2.75, 3.05) is 0 Å². The maximum Gasteiger partial charge on any atom is 0.240 e. The molecule has 1 unspecified atom stereocenters. The average Bonchev–Trinajstić information content (AvgIpc) is 2.40. The number of pyridine rings is 1. The topological polar surface area (TPSA) is 68.3 Å². The van der Waals surface area contributed by atoms with Crippen molar-refractivity contribution in [3.63, 3.8) is 0 Å². The normalized spacial score (nSPS) is 11.6. The van der Waals surface area contributed by atoms with Crippen LogP contribution in [0.15, 0.2) is 53.7 Å². The van der Waals surface area contributed by atoms with E-state index in [1.807, 2.05) is 30.3 Å². The summed E-state index contributed by atoms with van der Waals surface area (Å²) in [6, 6.07) is 13.1. The average molecular weight is 239 g/mol. The molecule has 0 spiro atoms. The molecule has 0 aliphatic carbocycles. The molecule has 2 aromatic rings. The van der Waals surface area contributed by atoms with Crippen LogP contribution in [0.5, 0.6) is 0 Å². The minimum Gasteiger partial charge on any atom is -0.322 e. The molecule has 0 aliphatic heterocycles. The predicted octanol–water partition coefficient (Wildman–Crippen LogP) is 2.29. The summed E-state index contributed by atoms with van der Waals surface area (Å²) in [5.41, 5.74) is 8.48. The number of carbonyl (C=O) groups excluding carboxylic acids is 1. The second-order valence-electron chi connectivity index (χ2n) is 3.94. The summed E-state index contributed by atoms with van der Waals surface area (Å²) in [6.45, 7) is 0. The lowest BCUT2D eigenvalue weighted by molar-refractivity contribution is 0.565. The van der Waals surface area contributed by atoms with E-state index in [0.717, 1.165) is 11.3 Å². The maximum absolute atomic E-state index is 10.2. The molecule has 1 aromatic heterocycles. The highest BCUT2D eigenvalue weighted by atomic mass is 16.1. The first kappa shape index (κ1) is 12.2. The molecule has 4 nitrogen and oxygen atoms in total. The van der Waals surface area contributed by atoms with Crippen molar-refractivity contribution in [3.8, 4) is 0 Å². The summed E-state index contributed by atoms with van der Waals surface area (Å²) in [4.78, 5) is 18.0. The van der Waals surface area contributed by atoms with E-state index in [4.69, 9.17) is 5.73 Å². The number of hydrogen-bond donors (Lipinski definition) is 1. The number of hydrogen-bond acceptors (Lipinski definition) is 4. The number of isocyanates is 1. The van der Waals surface area contributed by atoms with Gasteiger partial charge in [0, 0.05) is 6.20 Å². The van der Waals surface area contributed by atoms with Crippen molar-refractivity contribution >= 4 is 11.8 Å². The minimum absolute atomic E-state index is 0.214. The lowest BCUT2D eigenvalue weighted by atomic mass is 10.0. The van der Waals surface area contributed by atoms with Gasteiger partial charge in [0.1, 0.15) is 0 Å². The zero-order valence-electron chi connectivity index (χ0n) is 9.78. The van der Waals surface area contributed by atoms with Gasteiger partial charge in [-0.1, -0.05) is 30.3 Å². The number of benzene rings is 1. The van der Waals surface area contributed by atoms with Crippen molar-refractivity contribution in [2.24, 2.45) is 10.7 Å². The fourth-order valence-electron chi connectivity index (χ4n) is 1.73. The Morgan fingerprint density at radius 2 is 2.06 bits per heavy atom. The van der Waals surface area contributed by atoms with E-state index in [1.165, 1.54) is 6.08 Å². The lowest BCUT2D eigenvalue weighted by Gasteiger charge is -2.11. The van der Waals surface area contributed by atoms with Crippen LogP contribution < -0.4 is 5.73 Å². The fraction of sp³-hybridized carbons (Fsp3) is 0.143. The molecular weight excluding hydrogens is 226 g/mol. The highest BCUT2D eigenvalue weighted by Gasteiger charge is 2.08. The van der Waals surface area contributed by atoms with Gasteiger partial charge in [0.15, 0.2) is 0 Å². The first-order chi connectivity index (χ1) is 8.79. The highest BCUT2D eigenvalue weighted by Crippen LogP contribution is 2.18. The third kappa shape index (κ3) is 3.10. The molecule has 0 saturated carbocycles. The molecule has 2 rings (SSSR count). The maximum atomic E-state index is 10.2. The van der Waals surface area contributed by atoms with Crippen molar-refractivity contribution in [1.29, 1.82) is 0 Å². The molecule has 0 bridgehead atoms. The van der Waals surface area contributed by atoms with Gasteiger partial charge in [-0.15, -0.1) is 0 Å². The fourth-order valence-corrected chi connectivity index (χ4v) is 1.73. The Balaban J connectivity index is 2.16. The predicted molar refractivity (Wildman–Crippen MR) is 69.1 cm³/mol. The van der Waals surface area contributed by atoms with E-state index >= 15 is 0 Å². The summed E-state index contributed by atoms with van der Waals surface area (Å²) < 4.78 is 0. The SMILES string of the molecule is NC(Cc1ccccc1)c1cc(N=C=O)ccn1. The Kier molecular flexibility index (Phi) is 3.97. The summed E-state index contributed by atoms with van der Waals surface area (Å²) in [5.74, 6) is 0. The summed E-state index contributed by atoms with van der Waals surface area (Å²) in [5, 5.41) is 0. The smallest absolute Gasteiger partial charge is 0.240 e. The number of rotatable bonds is 4. The van der Waals surface area contributed by atoms with Gasteiger partial charge in [0.05, 0.1) is 17.4 Å². The second-order valence-corrected chi connectivity index (χ2v) is 3.94. The number of nitrogens with two attached hydrogens (primary N) is 1. The summed E-state index contributed by atoms with van der Waals surface area (Å²) in [6.07, 6.45) is 3.80. The molecule has 0 fully saturated rings. The van der Waals surface area contributed by atoms with Crippen molar-refractivity contribution in [3.05, 3.63) is 59.9 Å². The molecular formula is C14H13N3O. The van der Waals surface area contributed by atoms with E-state index < -0.39 is 0 Å². The second kappa shape index (κ2) is 5.87. The monoisotopic (exact) mass is 239 g/mol. The van der Waals surface area contributed by atoms with Crippen LogP contribution in [0, 0.1) is 0 Å². The number of nitrogens with zero attached hydrogens (tertiary/aromatic N) is 2. The molecule has 2 N–H and O–H groups in total. The Labute approximate surface area is 105 Å². The Morgan fingerprint density at radius 3 is 2.78 bits per heavy atom. The van der Waals surface area contributed by atoms with Gasteiger partial charge in [-0.25, -0.2) is 4.79 Å². The molecule has 0 radical (unpaired) electrons. The van der Waals surface area contributed by atoms with E-state index in [0.29, 0.717) is 12.1 Å². The number of aliphatic imine (C=N–C) groups is 1. The van der Waals surface area contributed by atoms with Crippen molar-refractivity contribution in [2.45, 2.75) is 12.5 Å². The molecule has 1 heterocycles. The molecule has 0 amide bonds. The van der Waals surface area contributed by atoms with Crippen molar-refractivity contribution in [1.82, 2.24) is 4.98 Å². The van der Waals surface area contributed by atoms with Crippen LogP contribution in [-0.2, 0) is 11.2 Å². The van der Waals surface area contributed by atoms with Crippen LogP contribution in [0.2, 0.25) is 0 Å². The highest BCUT2D eigenvalue weighted by molar-refractivity contribution is 5.48. The first-order valence-electron chi connectivity index (χ1n) is 5.63. The van der Waals surface area contributed by atoms with Gasteiger partial charge in [0.25, 0.3) is 0 Å². The van der Waals surface area contributed by atoms with Crippen LogP contribution in [0.3, 0.4) is 0 Å². The molecule has 0 aliphatic rings. The first-order valence-corrected chi connectivity index (χ1v) is 5.63.